The van der Waals surface area contributed by atoms with E-state index in [2.05, 4.69) is 32.5 Å². The number of aromatic nitrogens is 2. The van der Waals surface area contributed by atoms with Crippen LogP contribution in [0.15, 0.2) is 29.4 Å². The smallest absolute Gasteiger partial charge is 0.271 e. The van der Waals surface area contributed by atoms with E-state index in [0.29, 0.717) is 0 Å². The van der Waals surface area contributed by atoms with Crippen molar-refractivity contribution in [2.24, 2.45) is 4.99 Å². The van der Waals surface area contributed by atoms with Gasteiger partial charge < -0.3 is 10.6 Å². The zero-order chi connectivity index (χ0) is 19.4. The molecule has 2 amide bonds. The minimum atomic E-state index is -1.00. The van der Waals surface area contributed by atoms with Crippen LogP contribution in [-0.2, 0) is 0 Å². The van der Waals surface area contributed by atoms with Crippen LogP contribution < -0.4 is 10.6 Å². The van der Waals surface area contributed by atoms with Crippen molar-refractivity contribution in [1.82, 2.24) is 15.5 Å². The lowest BCUT2D eigenvalue weighted by atomic mass is 9.91. The Balaban J connectivity index is 1.68. The van der Waals surface area contributed by atoms with Crippen molar-refractivity contribution in [3.8, 4) is 0 Å². The van der Waals surface area contributed by atoms with Gasteiger partial charge in [0.05, 0.1) is 11.9 Å². The summed E-state index contributed by atoms with van der Waals surface area (Å²) in [5.41, 5.74) is -0.661. The van der Waals surface area contributed by atoms with E-state index in [1.165, 1.54) is 6.20 Å². The minimum Gasteiger partial charge on any atom is -0.348 e. The number of rotatable bonds is 5. The lowest BCUT2D eigenvalue weighted by Crippen LogP contribution is -2.38. The number of H-pyrrole nitrogens is 1. The van der Waals surface area contributed by atoms with Crippen molar-refractivity contribution in [1.29, 1.82) is 0 Å². The van der Waals surface area contributed by atoms with Crippen molar-refractivity contribution in [3.63, 3.8) is 0 Å². The minimum absolute atomic E-state index is 0.0177. The molecular weight excluding hydrogens is 356 g/mol. The molecule has 1 aromatic carbocycles. The summed E-state index contributed by atoms with van der Waals surface area (Å²) < 4.78 is 27.5. The number of carbonyl (C=O) groups excluding carboxylic acids is 2. The van der Waals surface area contributed by atoms with E-state index >= 15 is 0 Å². The zero-order valence-electron chi connectivity index (χ0n) is 14.5. The molecule has 2 aromatic rings. The Hall–Kier alpha value is -3.10. The molecule has 0 spiro atoms. The molecule has 0 radical (unpaired) electrons. The van der Waals surface area contributed by atoms with E-state index in [1.54, 1.807) is 0 Å². The molecule has 0 bridgehead atoms. The number of aromatic amines is 1. The monoisotopic (exact) mass is 375 g/mol. The molecule has 1 saturated carbocycles. The summed E-state index contributed by atoms with van der Waals surface area (Å²) in [6.07, 6.45) is 4.43. The van der Waals surface area contributed by atoms with Crippen molar-refractivity contribution in [2.45, 2.75) is 37.8 Å². The van der Waals surface area contributed by atoms with Crippen molar-refractivity contribution in [2.75, 3.05) is 5.32 Å². The highest BCUT2D eigenvalue weighted by molar-refractivity contribution is 6.08. The first kappa shape index (κ1) is 18.7. The van der Waals surface area contributed by atoms with Crippen LogP contribution in [0.1, 0.15) is 46.5 Å². The summed E-state index contributed by atoms with van der Waals surface area (Å²) in [5, 5.41) is 11.4. The molecule has 0 unspecified atom stereocenters. The fourth-order valence-corrected chi connectivity index (χ4v) is 3.11. The maximum atomic E-state index is 13.7. The van der Waals surface area contributed by atoms with Gasteiger partial charge in [0.15, 0.2) is 0 Å². The third kappa shape index (κ3) is 4.18. The SMILES string of the molecule is C=NC1CCC(NC(=O)c2[nH]ncc2NC(=O)c2c(F)cccc2F)CC1. The molecule has 27 heavy (non-hydrogen) atoms. The van der Waals surface area contributed by atoms with Gasteiger partial charge in [0.1, 0.15) is 22.9 Å². The maximum Gasteiger partial charge on any atom is 0.271 e. The summed E-state index contributed by atoms with van der Waals surface area (Å²) in [4.78, 5) is 28.7. The van der Waals surface area contributed by atoms with Crippen LogP contribution in [-0.4, -0.2) is 40.8 Å². The fourth-order valence-electron chi connectivity index (χ4n) is 3.11. The maximum absolute atomic E-state index is 13.7. The number of halogens is 2. The largest absolute Gasteiger partial charge is 0.348 e. The van der Waals surface area contributed by atoms with Crippen LogP contribution in [0.2, 0.25) is 0 Å². The first-order chi connectivity index (χ1) is 13.0. The lowest BCUT2D eigenvalue weighted by Gasteiger charge is -2.26. The van der Waals surface area contributed by atoms with Crippen LogP contribution in [0.25, 0.3) is 0 Å². The van der Waals surface area contributed by atoms with Gasteiger partial charge in [0.25, 0.3) is 11.8 Å². The van der Waals surface area contributed by atoms with Gasteiger partial charge in [-0.2, -0.15) is 5.10 Å². The van der Waals surface area contributed by atoms with E-state index in [1.807, 2.05) is 0 Å². The topological polar surface area (TPSA) is 99.2 Å². The normalized spacial score (nSPS) is 19.3. The Morgan fingerprint density at radius 2 is 1.81 bits per heavy atom. The molecule has 7 nitrogen and oxygen atoms in total. The number of hydrogen-bond donors (Lipinski definition) is 3. The number of benzene rings is 1. The molecule has 1 aromatic heterocycles. The first-order valence-corrected chi connectivity index (χ1v) is 8.55. The summed E-state index contributed by atoms with van der Waals surface area (Å²) in [6, 6.07) is 3.32. The van der Waals surface area contributed by atoms with Crippen molar-refractivity contribution >= 4 is 24.2 Å². The average molecular weight is 375 g/mol. The van der Waals surface area contributed by atoms with Gasteiger partial charge in [-0.15, -0.1) is 0 Å². The molecule has 1 heterocycles. The first-order valence-electron chi connectivity index (χ1n) is 8.55. The van der Waals surface area contributed by atoms with Gasteiger partial charge in [-0.1, -0.05) is 6.07 Å². The van der Waals surface area contributed by atoms with Gasteiger partial charge in [-0.05, 0) is 44.5 Å². The van der Waals surface area contributed by atoms with Crippen molar-refractivity contribution < 1.29 is 18.4 Å². The second-order valence-corrected chi connectivity index (χ2v) is 6.37. The molecule has 0 aliphatic heterocycles. The highest BCUT2D eigenvalue weighted by atomic mass is 19.1. The highest BCUT2D eigenvalue weighted by Crippen LogP contribution is 2.22. The van der Waals surface area contributed by atoms with Gasteiger partial charge in [-0.25, -0.2) is 8.78 Å². The fraction of sp³-hybridized carbons (Fsp3) is 0.333. The Morgan fingerprint density at radius 1 is 1.15 bits per heavy atom. The van der Waals surface area contributed by atoms with Crippen LogP contribution >= 0.6 is 0 Å². The number of anilines is 1. The number of nitrogens with one attached hydrogen (secondary N) is 3. The predicted octanol–water partition coefficient (Wildman–Crippen LogP) is 2.68. The highest BCUT2D eigenvalue weighted by Gasteiger charge is 2.25. The van der Waals surface area contributed by atoms with E-state index in [0.717, 1.165) is 43.9 Å². The summed E-state index contributed by atoms with van der Waals surface area (Å²) in [7, 11) is 0. The summed E-state index contributed by atoms with van der Waals surface area (Å²) in [6.45, 7) is 3.54. The molecule has 142 valence electrons. The van der Waals surface area contributed by atoms with Gasteiger partial charge in [0, 0.05) is 12.1 Å². The standard InChI is InChI=1S/C18H19F2N5O2/c1-21-10-5-7-11(8-6-10)23-18(27)16-14(9-22-25-16)24-17(26)15-12(19)3-2-4-13(15)20/h2-4,9-11H,1,5-8H2,(H,22,25)(H,23,27)(H,24,26). The van der Waals surface area contributed by atoms with E-state index in [4.69, 9.17) is 0 Å². The molecule has 3 rings (SSSR count). The van der Waals surface area contributed by atoms with E-state index < -0.39 is 29.0 Å². The van der Waals surface area contributed by atoms with Crippen molar-refractivity contribution in [3.05, 3.63) is 47.3 Å². The second kappa shape index (κ2) is 8.07. The summed E-state index contributed by atoms with van der Waals surface area (Å²) >= 11 is 0. The van der Waals surface area contributed by atoms with Gasteiger partial charge in [0.2, 0.25) is 0 Å². The molecule has 0 atom stereocenters. The summed E-state index contributed by atoms with van der Waals surface area (Å²) in [5.74, 6) is -3.44. The van der Waals surface area contributed by atoms with Crippen LogP contribution in [0, 0.1) is 11.6 Å². The number of carbonyl (C=O) groups is 2. The lowest BCUT2D eigenvalue weighted by molar-refractivity contribution is 0.0922. The Bertz CT molecular complexity index is 839. The van der Waals surface area contributed by atoms with Gasteiger partial charge in [-0.3, -0.25) is 19.7 Å². The average Bonchev–Trinajstić information content (AvgIpc) is 3.10. The van der Waals surface area contributed by atoms with E-state index in [9.17, 15) is 18.4 Å². The molecule has 1 fully saturated rings. The predicted molar refractivity (Wildman–Crippen MR) is 96.0 cm³/mol. The van der Waals surface area contributed by atoms with Gasteiger partial charge >= 0.3 is 0 Å². The quantitative estimate of drug-likeness (QED) is 0.701. The number of amides is 2. The third-order valence-corrected chi connectivity index (χ3v) is 4.59. The third-order valence-electron chi connectivity index (χ3n) is 4.59. The molecule has 9 heteroatoms. The van der Waals surface area contributed by atoms with Crippen LogP contribution in [0.3, 0.4) is 0 Å². The Morgan fingerprint density at radius 3 is 2.44 bits per heavy atom. The molecule has 1 aliphatic carbocycles. The molecule has 1 aliphatic rings. The molecule has 0 saturated heterocycles. The van der Waals surface area contributed by atoms with Crippen LogP contribution in [0.5, 0.6) is 0 Å². The number of hydrogen-bond acceptors (Lipinski definition) is 4. The second-order valence-electron chi connectivity index (χ2n) is 6.37. The number of aliphatic imine (C=N–C) groups is 1. The van der Waals surface area contributed by atoms with E-state index in [-0.39, 0.29) is 23.5 Å². The Kier molecular flexibility index (Phi) is 5.58. The number of nitrogens with zero attached hydrogens (tertiary/aromatic N) is 2. The Labute approximate surface area is 154 Å². The van der Waals surface area contributed by atoms with Crippen LogP contribution in [0.4, 0.5) is 14.5 Å². The molecule has 3 N–H and O–H groups in total. The molecular formula is C18H19F2N5O2. The zero-order valence-corrected chi connectivity index (χ0v) is 14.5.